The molecular weight excluding hydrogens is 248 g/mol. The fraction of sp³-hybridized carbons (Fsp3) is 0.364. The lowest BCUT2D eigenvalue weighted by molar-refractivity contribution is -0.141. The van der Waals surface area contributed by atoms with E-state index in [0.717, 1.165) is 0 Å². The maximum Gasteiger partial charge on any atom is 0.319 e. The summed E-state index contributed by atoms with van der Waals surface area (Å²) in [5, 5.41) is 0.342. The smallest absolute Gasteiger partial charge is 0.319 e. The van der Waals surface area contributed by atoms with E-state index in [2.05, 4.69) is 12.6 Å². The van der Waals surface area contributed by atoms with Gasteiger partial charge >= 0.3 is 5.97 Å². The van der Waals surface area contributed by atoms with Crippen LogP contribution in [0, 0.1) is 0 Å². The van der Waals surface area contributed by atoms with Crippen LogP contribution in [0.2, 0.25) is 5.02 Å². The van der Waals surface area contributed by atoms with Crippen LogP contribution in [-0.2, 0) is 9.53 Å². The van der Waals surface area contributed by atoms with E-state index in [1.807, 2.05) is 0 Å². The van der Waals surface area contributed by atoms with Crippen molar-refractivity contribution >= 4 is 30.2 Å². The van der Waals surface area contributed by atoms with Crippen molar-refractivity contribution in [2.24, 2.45) is 0 Å². The maximum absolute atomic E-state index is 11.1. The minimum atomic E-state index is -0.321. The average molecular weight is 259 g/mol. The van der Waals surface area contributed by atoms with Crippen molar-refractivity contribution in [1.29, 1.82) is 0 Å². The maximum atomic E-state index is 11.1. The monoisotopic (exact) mass is 258 g/mol. The van der Waals surface area contributed by atoms with Crippen molar-refractivity contribution in [3.63, 3.8) is 0 Å². The summed E-state index contributed by atoms with van der Waals surface area (Å²) in [6.45, 7) is 0.352. The van der Waals surface area contributed by atoms with E-state index < -0.39 is 0 Å². The third kappa shape index (κ3) is 2.83. The Labute approximate surface area is 104 Å². The first kappa shape index (κ1) is 11.6. The Bertz CT molecular complexity index is 379. The molecule has 0 aromatic heterocycles. The third-order valence-corrected chi connectivity index (χ3v) is 2.96. The van der Waals surface area contributed by atoms with Gasteiger partial charge in [-0.2, -0.15) is 12.6 Å². The minimum absolute atomic E-state index is 0.203. The predicted molar refractivity (Wildman–Crippen MR) is 64.2 cm³/mol. The molecule has 0 radical (unpaired) electrons. The predicted octanol–water partition coefficient (Wildman–Crippen LogP) is 2.33. The zero-order valence-corrected chi connectivity index (χ0v) is 10.1. The van der Waals surface area contributed by atoms with Gasteiger partial charge in [-0.1, -0.05) is 11.6 Å². The third-order valence-electron chi connectivity index (χ3n) is 2.29. The normalized spacial score (nSPS) is 24.2. The molecular formula is C11H11ClO3S. The van der Waals surface area contributed by atoms with Crippen LogP contribution in [0.3, 0.4) is 0 Å². The van der Waals surface area contributed by atoms with Crippen molar-refractivity contribution in [1.82, 2.24) is 0 Å². The number of hydrogen-bond donors (Lipinski definition) is 1. The van der Waals surface area contributed by atoms with Gasteiger partial charge in [-0.05, 0) is 24.3 Å². The van der Waals surface area contributed by atoms with Gasteiger partial charge in [0.25, 0.3) is 0 Å². The average Bonchev–Trinajstić information content (AvgIpc) is 2.58. The van der Waals surface area contributed by atoms with Gasteiger partial charge in [0.1, 0.15) is 23.7 Å². The fourth-order valence-electron chi connectivity index (χ4n) is 1.46. The number of ether oxygens (including phenoxy) is 2. The van der Waals surface area contributed by atoms with Crippen molar-refractivity contribution in [2.45, 2.75) is 17.8 Å². The fourth-order valence-corrected chi connectivity index (χ4v) is 1.88. The Morgan fingerprint density at radius 2 is 2.12 bits per heavy atom. The summed E-state index contributed by atoms with van der Waals surface area (Å²) in [6.07, 6.45) is 0.390. The lowest BCUT2D eigenvalue weighted by Crippen LogP contribution is -2.17. The summed E-state index contributed by atoms with van der Waals surface area (Å²) in [4.78, 5) is 11.1. The van der Waals surface area contributed by atoms with Gasteiger partial charge in [0.05, 0.1) is 0 Å². The van der Waals surface area contributed by atoms with Crippen molar-refractivity contribution in [3.8, 4) is 5.75 Å². The largest absolute Gasteiger partial charge is 0.490 e. The first-order chi connectivity index (χ1) is 7.65. The number of halogens is 1. The first-order valence-corrected chi connectivity index (χ1v) is 5.81. The summed E-state index contributed by atoms with van der Waals surface area (Å²) in [5.74, 6) is 0.441. The van der Waals surface area contributed by atoms with E-state index in [1.54, 1.807) is 24.3 Å². The van der Waals surface area contributed by atoms with Gasteiger partial charge in [-0.3, -0.25) is 4.79 Å². The second-order valence-electron chi connectivity index (χ2n) is 3.58. The Balaban J connectivity index is 1.84. The lowest BCUT2D eigenvalue weighted by atomic mass is 10.2. The molecule has 0 saturated carbocycles. The number of cyclic esters (lactones) is 1. The zero-order chi connectivity index (χ0) is 11.5. The van der Waals surface area contributed by atoms with Gasteiger partial charge < -0.3 is 9.47 Å². The van der Waals surface area contributed by atoms with E-state index >= 15 is 0 Å². The van der Waals surface area contributed by atoms with Gasteiger partial charge in [0, 0.05) is 11.4 Å². The molecule has 2 rings (SSSR count). The number of esters is 1. The number of rotatable bonds is 3. The Kier molecular flexibility index (Phi) is 3.61. The zero-order valence-electron chi connectivity index (χ0n) is 8.43. The Hall–Kier alpha value is -0.870. The quantitative estimate of drug-likeness (QED) is 0.668. The van der Waals surface area contributed by atoms with E-state index in [1.165, 1.54) is 0 Å². The molecule has 0 aliphatic carbocycles. The van der Waals surface area contributed by atoms with Crippen LogP contribution in [0.5, 0.6) is 5.75 Å². The van der Waals surface area contributed by atoms with Gasteiger partial charge in [0.15, 0.2) is 0 Å². The lowest BCUT2D eigenvalue weighted by Gasteiger charge is -2.10. The van der Waals surface area contributed by atoms with E-state index in [4.69, 9.17) is 21.1 Å². The second kappa shape index (κ2) is 4.97. The highest BCUT2D eigenvalue weighted by Gasteiger charge is 2.32. The molecule has 1 aliphatic heterocycles. The highest BCUT2D eigenvalue weighted by atomic mass is 35.5. The molecule has 1 heterocycles. The first-order valence-electron chi connectivity index (χ1n) is 4.92. The molecule has 86 valence electrons. The molecule has 1 aromatic carbocycles. The second-order valence-corrected chi connectivity index (χ2v) is 4.64. The summed E-state index contributed by atoms with van der Waals surface area (Å²) in [7, 11) is 0. The molecule has 0 spiro atoms. The summed E-state index contributed by atoms with van der Waals surface area (Å²) in [5.41, 5.74) is 0. The van der Waals surface area contributed by atoms with Gasteiger partial charge in [-0.15, -0.1) is 0 Å². The number of carbonyl (C=O) groups is 1. The minimum Gasteiger partial charge on any atom is -0.490 e. The van der Waals surface area contributed by atoms with Crippen LogP contribution in [0.4, 0.5) is 0 Å². The highest BCUT2D eigenvalue weighted by Crippen LogP contribution is 2.21. The molecule has 1 aliphatic rings. The molecule has 1 fully saturated rings. The molecule has 1 aromatic rings. The molecule has 0 bridgehead atoms. The van der Waals surface area contributed by atoms with Crippen LogP contribution in [0.15, 0.2) is 24.3 Å². The van der Waals surface area contributed by atoms with Crippen molar-refractivity contribution < 1.29 is 14.3 Å². The summed E-state index contributed by atoms with van der Waals surface area (Å²) < 4.78 is 10.5. The van der Waals surface area contributed by atoms with E-state index in [0.29, 0.717) is 23.8 Å². The van der Waals surface area contributed by atoms with Crippen LogP contribution in [-0.4, -0.2) is 23.9 Å². The molecule has 0 amide bonds. The van der Waals surface area contributed by atoms with Crippen LogP contribution < -0.4 is 4.74 Å². The standard InChI is InChI=1S/C11H11ClO3S/c12-7-1-3-8(4-2-7)14-6-9-5-10(16)11(13)15-9/h1-4,9-10,16H,5-6H2/t9-,10-/m0/s1. The number of benzene rings is 1. The van der Waals surface area contributed by atoms with Gasteiger partial charge in [-0.25, -0.2) is 0 Å². The Morgan fingerprint density at radius 1 is 1.44 bits per heavy atom. The van der Waals surface area contributed by atoms with E-state index in [9.17, 15) is 4.79 Å². The number of thiol groups is 1. The van der Waals surface area contributed by atoms with Crippen molar-refractivity contribution in [2.75, 3.05) is 6.61 Å². The SMILES string of the molecule is O=C1O[C@H](COc2ccc(Cl)cc2)C[C@@H]1S. The highest BCUT2D eigenvalue weighted by molar-refractivity contribution is 7.81. The van der Waals surface area contributed by atoms with Crippen molar-refractivity contribution in [3.05, 3.63) is 29.3 Å². The molecule has 2 atom stereocenters. The summed E-state index contributed by atoms with van der Waals surface area (Å²) >= 11 is 9.83. The molecule has 5 heteroatoms. The number of carbonyl (C=O) groups excluding carboxylic acids is 1. The van der Waals surface area contributed by atoms with Crippen LogP contribution in [0.25, 0.3) is 0 Å². The Morgan fingerprint density at radius 3 is 2.69 bits per heavy atom. The van der Waals surface area contributed by atoms with Crippen LogP contribution >= 0.6 is 24.2 Å². The number of hydrogen-bond acceptors (Lipinski definition) is 4. The molecule has 0 unspecified atom stereocenters. The summed E-state index contributed by atoms with van der Waals surface area (Å²) in [6, 6.07) is 7.05. The van der Waals surface area contributed by atoms with Crippen LogP contribution in [0.1, 0.15) is 6.42 Å². The van der Waals surface area contributed by atoms with Gasteiger partial charge in [0.2, 0.25) is 0 Å². The topological polar surface area (TPSA) is 35.5 Å². The van der Waals surface area contributed by atoms with E-state index in [-0.39, 0.29) is 17.3 Å². The molecule has 1 saturated heterocycles. The molecule has 16 heavy (non-hydrogen) atoms. The molecule has 3 nitrogen and oxygen atoms in total. The molecule has 0 N–H and O–H groups in total.